The standard InChI is InChI=1S/C10H17N3O3/c1-6(5-15-4)11-10(14)12-9-7(2)13-16-8(9)3/h6H,5H2,1-4H3,(H2,11,12,14)/t6-/m0/s1. The first kappa shape index (κ1) is 12.5. The topological polar surface area (TPSA) is 76.4 Å². The third-order valence-electron chi connectivity index (χ3n) is 2.07. The molecule has 0 aromatic carbocycles. The molecule has 0 saturated heterocycles. The maximum absolute atomic E-state index is 11.6. The summed E-state index contributed by atoms with van der Waals surface area (Å²) >= 11 is 0. The molecule has 2 N–H and O–H groups in total. The van der Waals surface area contributed by atoms with Crippen molar-refractivity contribution >= 4 is 11.7 Å². The fraction of sp³-hybridized carbons (Fsp3) is 0.600. The predicted octanol–water partition coefficient (Wildman–Crippen LogP) is 1.45. The van der Waals surface area contributed by atoms with E-state index in [1.54, 1.807) is 21.0 Å². The Bertz CT molecular complexity index is 343. The lowest BCUT2D eigenvalue weighted by Crippen LogP contribution is -2.38. The number of carbonyl (C=O) groups excluding carboxylic acids is 1. The number of anilines is 1. The van der Waals surface area contributed by atoms with Crippen LogP contribution in [-0.4, -0.2) is 30.9 Å². The Kier molecular flexibility index (Phi) is 4.30. The van der Waals surface area contributed by atoms with Gasteiger partial charge in [-0.25, -0.2) is 4.79 Å². The summed E-state index contributed by atoms with van der Waals surface area (Å²) in [7, 11) is 1.59. The molecule has 0 spiro atoms. The fourth-order valence-corrected chi connectivity index (χ4v) is 1.33. The number of amides is 2. The molecule has 2 amide bonds. The molecule has 90 valence electrons. The highest BCUT2D eigenvalue weighted by Gasteiger charge is 2.13. The van der Waals surface area contributed by atoms with E-state index in [1.807, 2.05) is 6.92 Å². The summed E-state index contributed by atoms with van der Waals surface area (Å²) in [5, 5.41) is 9.16. The number of ether oxygens (including phenoxy) is 1. The van der Waals surface area contributed by atoms with Gasteiger partial charge in [0.15, 0.2) is 5.76 Å². The molecule has 16 heavy (non-hydrogen) atoms. The van der Waals surface area contributed by atoms with Crippen LogP contribution in [-0.2, 0) is 4.74 Å². The van der Waals surface area contributed by atoms with E-state index < -0.39 is 0 Å². The van der Waals surface area contributed by atoms with Crippen molar-refractivity contribution in [2.45, 2.75) is 26.8 Å². The van der Waals surface area contributed by atoms with Gasteiger partial charge in [-0.15, -0.1) is 0 Å². The molecule has 0 aliphatic heterocycles. The molecule has 0 unspecified atom stereocenters. The van der Waals surface area contributed by atoms with Crippen LogP contribution in [0.3, 0.4) is 0 Å². The lowest BCUT2D eigenvalue weighted by atomic mass is 10.3. The van der Waals surface area contributed by atoms with E-state index in [4.69, 9.17) is 9.26 Å². The second-order valence-corrected chi connectivity index (χ2v) is 3.65. The average Bonchev–Trinajstić information content (AvgIpc) is 2.49. The van der Waals surface area contributed by atoms with Gasteiger partial charge in [-0.3, -0.25) is 0 Å². The molecule has 0 bridgehead atoms. The van der Waals surface area contributed by atoms with Gasteiger partial charge in [-0.2, -0.15) is 0 Å². The van der Waals surface area contributed by atoms with Crippen molar-refractivity contribution in [2.24, 2.45) is 0 Å². The van der Waals surface area contributed by atoms with Crippen molar-refractivity contribution in [2.75, 3.05) is 19.0 Å². The summed E-state index contributed by atoms with van der Waals surface area (Å²) in [5.74, 6) is 0.590. The maximum Gasteiger partial charge on any atom is 0.319 e. The number of urea groups is 1. The van der Waals surface area contributed by atoms with Gasteiger partial charge in [-0.1, -0.05) is 5.16 Å². The number of aryl methyl sites for hydroxylation is 2. The Labute approximate surface area is 94.3 Å². The number of nitrogens with one attached hydrogen (secondary N) is 2. The van der Waals surface area contributed by atoms with Crippen LogP contribution in [0.25, 0.3) is 0 Å². The van der Waals surface area contributed by atoms with Crippen LogP contribution >= 0.6 is 0 Å². The first-order valence-electron chi connectivity index (χ1n) is 5.04. The predicted molar refractivity (Wildman–Crippen MR) is 59.5 cm³/mol. The molecular weight excluding hydrogens is 210 g/mol. The Balaban J connectivity index is 2.52. The summed E-state index contributed by atoms with van der Waals surface area (Å²) < 4.78 is 9.85. The third-order valence-corrected chi connectivity index (χ3v) is 2.07. The van der Waals surface area contributed by atoms with Gasteiger partial charge in [0, 0.05) is 7.11 Å². The zero-order chi connectivity index (χ0) is 12.1. The monoisotopic (exact) mass is 227 g/mol. The van der Waals surface area contributed by atoms with Crippen LogP contribution in [0.15, 0.2) is 4.52 Å². The number of hydrogen-bond acceptors (Lipinski definition) is 4. The first-order chi connectivity index (χ1) is 7.54. The van der Waals surface area contributed by atoms with Gasteiger partial charge in [-0.05, 0) is 20.8 Å². The Morgan fingerprint density at radius 1 is 1.56 bits per heavy atom. The van der Waals surface area contributed by atoms with Crippen LogP contribution < -0.4 is 10.6 Å². The highest BCUT2D eigenvalue weighted by molar-refractivity contribution is 5.90. The third kappa shape index (κ3) is 3.23. The van der Waals surface area contributed by atoms with Crippen molar-refractivity contribution in [1.82, 2.24) is 10.5 Å². The number of nitrogens with zero attached hydrogens (tertiary/aromatic N) is 1. The van der Waals surface area contributed by atoms with E-state index >= 15 is 0 Å². The molecule has 0 fully saturated rings. The molecule has 0 radical (unpaired) electrons. The number of methoxy groups -OCH3 is 1. The number of carbonyl (C=O) groups is 1. The number of hydrogen-bond donors (Lipinski definition) is 2. The van der Waals surface area contributed by atoms with Crippen LogP contribution in [0.2, 0.25) is 0 Å². The van der Waals surface area contributed by atoms with Gasteiger partial charge < -0.3 is 19.9 Å². The molecule has 1 heterocycles. The molecule has 6 nitrogen and oxygen atoms in total. The Hall–Kier alpha value is -1.56. The summed E-state index contributed by atoms with van der Waals surface area (Å²) in [5.41, 5.74) is 1.27. The van der Waals surface area contributed by atoms with Crippen LogP contribution in [0.5, 0.6) is 0 Å². The molecule has 1 rings (SSSR count). The zero-order valence-corrected chi connectivity index (χ0v) is 9.96. The van der Waals surface area contributed by atoms with E-state index in [0.717, 1.165) is 0 Å². The highest BCUT2D eigenvalue weighted by atomic mass is 16.5. The van der Waals surface area contributed by atoms with E-state index in [1.165, 1.54) is 0 Å². The van der Waals surface area contributed by atoms with Crippen LogP contribution in [0.1, 0.15) is 18.4 Å². The van der Waals surface area contributed by atoms with Crippen molar-refractivity contribution in [3.05, 3.63) is 11.5 Å². The van der Waals surface area contributed by atoms with Crippen LogP contribution in [0, 0.1) is 13.8 Å². The minimum Gasteiger partial charge on any atom is -0.383 e. The molecular formula is C10H17N3O3. The van der Waals surface area contributed by atoms with Crippen molar-refractivity contribution in [3.8, 4) is 0 Å². The largest absolute Gasteiger partial charge is 0.383 e. The summed E-state index contributed by atoms with van der Waals surface area (Å²) in [6, 6.07) is -0.343. The Morgan fingerprint density at radius 2 is 2.25 bits per heavy atom. The normalized spacial score (nSPS) is 12.2. The maximum atomic E-state index is 11.6. The summed E-state index contributed by atoms with van der Waals surface area (Å²) in [4.78, 5) is 11.6. The van der Waals surface area contributed by atoms with Gasteiger partial charge >= 0.3 is 6.03 Å². The lowest BCUT2D eigenvalue weighted by Gasteiger charge is -2.13. The van der Waals surface area contributed by atoms with Crippen LogP contribution in [0.4, 0.5) is 10.5 Å². The fourth-order valence-electron chi connectivity index (χ4n) is 1.33. The van der Waals surface area contributed by atoms with E-state index in [-0.39, 0.29) is 12.1 Å². The van der Waals surface area contributed by atoms with Crippen molar-refractivity contribution < 1.29 is 14.1 Å². The average molecular weight is 227 g/mol. The highest BCUT2D eigenvalue weighted by Crippen LogP contribution is 2.18. The molecule has 1 atom stereocenters. The van der Waals surface area contributed by atoms with E-state index in [0.29, 0.717) is 23.7 Å². The minimum absolute atomic E-state index is 0.0505. The second-order valence-electron chi connectivity index (χ2n) is 3.65. The molecule has 6 heteroatoms. The van der Waals surface area contributed by atoms with Crippen molar-refractivity contribution in [1.29, 1.82) is 0 Å². The van der Waals surface area contributed by atoms with Gasteiger partial charge in [0.25, 0.3) is 0 Å². The smallest absolute Gasteiger partial charge is 0.319 e. The molecule has 1 aromatic rings. The SMILES string of the molecule is COC[C@H](C)NC(=O)Nc1c(C)noc1C. The number of rotatable bonds is 4. The molecule has 0 saturated carbocycles. The van der Waals surface area contributed by atoms with Gasteiger partial charge in [0.05, 0.1) is 12.6 Å². The minimum atomic E-state index is -0.293. The number of aromatic nitrogens is 1. The Morgan fingerprint density at radius 3 is 2.75 bits per heavy atom. The van der Waals surface area contributed by atoms with E-state index in [2.05, 4.69) is 15.8 Å². The van der Waals surface area contributed by atoms with Gasteiger partial charge in [0.1, 0.15) is 11.4 Å². The lowest BCUT2D eigenvalue weighted by molar-refractivity contribution is 0.173. The first-order valence-corrected chi connectivity index (χ1v) is 5.04. The second kappa shape index (κ2) is 5.50. The molecule has 0 aliphatic carbocycles. The summed E-state index contributed by atoms with van der Waals surface area (Å²) in [6.07, 6.45) is 0. The van der Waals surface area contributed by atoms with Gasteiger partial charge in [0.2, 0.25) is 0 Å². The van der Waals surface area contributed by atoms with Crippen molar-refractivity contribution in [3.63, 3.8) is 0 Å². The molecule has 1 aromatic heterocycles. The summed E-state index contributed by atoms with van der Waals surface area (Å²) in [6.45, 7) is 5.84. The molecule has 0 aliphatic rings. The zero-order valence-electron chi connectivity index (χ0n) is 9.96. The van der Waals surface area contributed by atoms with E-state index in [9.17, 15) is 4.79 Å². The quantitative estimate of drug-likeness (QED) is 0.816.